The lowest BCUT2D eigenvalue weighted by Gasteiger charge is -2.18. The first-order valence-electron chi connectivity index (χ1n) is 6.93. The van der Waals surface area contributed by atoms with Crippen molar-refractivity contribution in [2.75, 3.05) is 0 Å². The van der Waals surface area contributed by atoms with E-state index in [0.29, 0.717) is 5.41 Å². The van der Waals surface area contributed by atoms with E-state index in [1.165, 1.54) is 36.2 Å². The fourth-order valence-electron chi connectivity index (χ4n) is 2.17. The van der Waals surface area contributed by atoms with Crippen molar-refractivity contribution in [2.24, 2.45) is 5.41 Å². The molecular formula is C16H27N. The van der Waals surface area contributed by atoms with Crippen molar-refractivity contribution in [3.05, 3.63) is 29.1 Å². The molecule has 0 aliphatic rings. The van der Waals surface area contributed by atoms with E-state index in [2.05, 4.69) is 46.8 Å². The predicted molar refractivity (Wildman–Crippen MR) is 75.4 cm³/mol. The van der Waals surface area contributed by atoms with Crippen LogP contribution in [0.2, 0.25) is 0 Å². The number of hydrogen-bond acceptors (Lipinski definition) is 1. The Bertz CT molecular complexity index is 323. The van der Waals surface area contributed by atoms with Gasteiger partial charge in [0.25, 0.3) is 0 Å². The fraction of sp³-hybridized carbons (Fsp3) is 0.688. The van der Waals surface area contributed by atoms with Crippen molar-refractivity contribution in [3.8, 4) is 0 Å². The lowest BCUT2D eigenvalue weighted by molar-refractivity contribution is 0.405. The number of rotatable bonds is 5. The Morgan fingerprint density at radius 2 is 1.53 bits per heavy atom. The van der Waals surface area contributed by atoms with Gasteiger partial charge in [-0.15, -0.1) is 0 Å². The molecule has 0 saturated carbocycles. The third kappa shape index (κ3) is 5.34. The third-order valence-corrected chi connectivity index (χ3v) is 2.75. The summed E-state index contributed by atoms with van der Waals surface area (Å²) in [7, 11) is 0. The Hall–Kier alpha value is -0.850. The highest BCUT2D eigenvalue weighted by atomic mass is 14.7. The first kappa shape index (κ1) is 14.2. The van der Waals surface area contributed by atoms with Gasteiger partial charge in [-0.25, -0.2) is 0 Å². The van der Waals surface area contributed by atoms with Gasteiger partial charge in [0.15, 0.2) is 0 Å². The summed E-state index contributed by atoms with van der Waals surface area (Å²) in [4.78, 5) is 4.79. The molecule has 1 heteroatoms. The Balaban J connectivity index is 2.94. The molecule has 0 N–H and O–H groups in total. The SMILES string of the molecule is CCCc1cc(CCC)nc(CC(C)(C)C)c1. The molecule has 0 fully saturated rings. The normalized spacial score (nSPS) is 11.8. The quantitative estimate of drug-likeness (QED) is 0.725. The lowest BCUT2D eigenvalue weighted by Crippen LogP contribution is -2.11. The minimum atomic E-state index is 0.321. The van der Waals surface area contributed by atoms with Crippen LogP contribution >= 0.6 is 0 Å². The van der Waals surface area contributed by atoms with Crippen molar-refractivity contribution in [1.82, 2.24) is 4.98 Å². The van der Waals surface area contributed by atoms with E-state index in [9.17, 15) is 0 Å². The molecular weight excluding hydrogens is 206 g/mol. The van der Waals surface area contributed by atoms with Gasteiger partial charge < -0.3 is 0 Å². The van der Waals surface area contributed by atoms with E-state index in [1.807, 2.05) is 0 Å². The molecule has 1 aromatic rings. The number of aryl methyl sites for hydroxylation is 2. The second-order valence-corrected chi connectivity index (χ2v) is 6.20. The fourth-order valence-corrected chi connectivity index (χ4v) is 2.17. The van der Waals surface area contributed by atoms with Crippen LogP contribution in [0.25, 0.3) is 0 Å². The average Bonchev–Trinajstić information content (AvgIpc) is 2.15. The summed E-state index contributed by atoms with van der Waals surface area (Å²) in [6, 6.07) is 4.59. The predicted octanol–water partition coefficient (Wildman–Crippen LogP) is 4.58. The summed E-state index contributed by atoms with van der Waals surface area (Å²) in [6.45, 7) is 11.3. The van der Waals surface area contributed by atoms with Crippen LogP contribution < -0.4 is 0 Å². The van der Waals surface area contributed by atoms with E-state index in [-0.39, 0.29) is 0 Å². The highest BCUT2D eigenvalue weighted by Gasteiger charge is 2.13. The summed E-state index contributed by atoms with van der Waals surface area (Å²) in [5.74, 6) is 0. The summed E-state index contributed by atoms with van der Waals surface area (Å²) < 4.78 is 0. The second kappa shape index (κ2) is 6.18. The maximum Gasteiger partial charge on any atom is 0.0414 e. The van der Waals surface area contributed by atoms with Crippen LogP contribution in [-0.4, -0.2) is 4.98 Å². The zero-order valence-electron chi connectivity index (χ0n) is 12.1. The maximum atomic E-state index is 4.79. The molecule has 0 aliphatic carbocycles. The molecule has 0 spiro atoms. The van der Waals surface area contributed by atoms with Crippen molar-refractivity contribution in [3.63, 3.8) is 0 Å². The van der Waals surface area contributed by atoms with Gasteiger partial charge in [-0.2, -0.15) is 0 Å². The minimum Gasteiger partial charge on any atom is -0.258 e. The summed E-state index contributed by atoms with van der Waals surface area (Å²) in [6.07, 6.45) is 5.74. The average molecular weight is 233 g/mol. The topological polar surface area (TPSA) is 12.9 Å². The van der Waals surface area contributed by atoms with Crippen LogP contribution in [0.3, 0.4) is 0 Å². The molecule has 0 radical (unpaired) electrons. The third-order valence-electron chi connectivity index (χ3n) is 2.75. The molecule has 17 heavy (non-hydrogen) atoms. The van der Waals surface area contributed by atoms with Gasteiger partial charge in [0, 0.05) is 11.4 Å². The van der Waals surface area contributed by atoms with E-state index in [4.69, 9.17) is 4.98 Å². The van der Waals surface area contributed by atoms with E-state index >= 15 is 0 Å². The first-order chi connectivity index (χ1) is 7.94. The lowest BCUT2D eigenvalue weighted by atomic mass is 9.89. The van der Waals surface area contributed by atoms with Crippen LogP contribution in [0.15, 0.2) is 12.1 Å². The van der Waals surface area contributed by atoms with Gasteiger partial charge in [0.2, 0.25) is 0 Å². The first-order valence-corrected chi connectivity index (χ1v) is 6.93. The summed E-state index contributed by atoms with van der Waals surface area (Å²) >= 11 is 0. The Morgan fingerprint density at radius 3 is 2.06 bits per heavy atom. The van der Waals surface area contributed by atoms with Crippen LogP contribution in [-0.2, 0) is 19.3 Å². The summed E-state index contributed by atoms with van der Waals surface area (Å²) in [5, 5.41) is 0. The van der Waals surface area contributed by atoms with Gasteiger partial charge >= 0.3 is 0 Å². The van der Waals surface area contributed by atoms with E-state index < -0.39 is 0 Å². The zero-order valence-corrected chi connectivity index (χ0v) is 12.1. The molecule has 0 aromatic carbocycles. The molecule has 0 atom stereocenters. The van der Waals surface area contributed by atoms with Crippen molar-refractivity contribution in [2.45, 2.75) is 66.7 Å². The largest absolute Gasteiger partial charge is 0.258 e. The van der Waals surface area contributed by atoms with Gasteiger partial charge in [0.05, 0.1) is 0 Å². The smallest absolute Gasteiger partial charge is 0.0414 e. The van der Waals surface area contributed by atoms with Crippen LogP contribution in [0.4, 0.5) is 0 Å². The van der Waals surface area contributed by atoms with Gasteiger partial charge in [-0.05, 0) is 42.4 Å². The van der Waals surface area contributed by atoms with Crippen molar-refractivity contribution < 1.29 is 0 Å². The van der Waals surface area contributed by atoms with Gasteiger partial charge in [-0.1, -0.05) is 47.5 Å². The molecule has 96 valence electrons. The maximum absolute atomic E-state index is 4.79. The Labute approximate surface area is 107 Å². The number of hydrogen-bond donors (Lipinski definition) is 0. The van der Waals surface area contributed by atoms with Crippen molar-refractivity contribution in [1.29, 1.82) is 0 Å². The Kier molecular flexibility index (Phi) is 5.17. The molecule has 1 rings (SSSR count). The highest BCUT2D eigenvalue weighted by molar-refractivity contribution is 5.22. The Morgan fingerprint density at radius 1 is 0.941 bits per heavy atom. The van der Waals surface area contributed by atoms with Crippen LogP contribution in [0.5, 0.6) is 0 Å². The molecule has 0 aliphatic heterocycles. The molecule has 1 aromatic heterocycles. The number of nitrogens with zero attached hydrogens (tertiary/aromatic N) is 1. The molecule has 1 nitrogen and oxygen atoms in total. The van der Waals surface area contributed by atoms with E-state index in [1.54, 1.807) is 0 Å². The van der Waals surface area contributed by atoms with E-state index in [0.717, 1.165) is 12.8 Å². The molecule has 0 amide bonds. The second-order valence-electron chi connectivity index (χ2n) is 6.20. The highest BCUT2D eigenvalue weighted by Crippen LogP contribution is 2.21. The van der Waals surface area contributed by atoms with Gasteiger partial charge in [-0.3, -0.25) is 4.98 Å². The molecule has 1 heterocycles. The molecule has 0 bridgehead atoms. The summed E-state index contributed by atoms with van der Waals surface area (Å²) in [5.41, 5.74) is 4.33. The van der Waals surface area contributed by atoms with Crippen LogP contribution in [0.1, 0.15) is 64.4 Å². The number of pyridine rings is 1. The van der Waals surface area contributed by atoms with Gasteiger partial charge in [0.1, 0.15) is 0 Å². The number of aromatic nitrogens is 1. The minimum absolute atomic E-state index is 0.321. The molecule has 0 unspecified atom stereocenters. The molecule has 0 saturated heterocycles. The zero-order chi connectivity index (χ0) is 12.9. The van der Waals surface area contributed by atoms with Crippen molar-refractivity contribution >= 4 is 0 Å². The van der Waals surface area contributed by atoms with Crippen LogP contribution in [0, 0.1) is 5.41 Å². The standard InChI is InChI=1S/C16H27N/c1-6-8-13-10-14(9-7-2)17-15(11-13)12-16(3,4)5/h10-11H,6-9,12H2,1-5H3. The monoisotopic (exact) mass is 233 g/mol.